The molecule has 28 heavy (non-hydrogen) atoms. The number of hydrogen-bond donors (Lipinski definition) is 1. The van der Waals surface area contributed by atoms with E-state index in [1.54, 1.807) is 13.8 Å². The molecule has 0 aliphatic carbocycles. The van der Waals surface area contributed by atoms with E-state index in [1.807, 2.05) is 0 Å². The quantitative estimate of drug-likeness (QED) is 0.679. The molecule has 1 saturated heterocycles. The van der Waals surface area contributed by atoms with Crippen molar-refractivity contribution in [2.45, 2.75) is 38.5 Å². The lowest BCUT2D eigenvalue weighted by Gasteiger charge is -2.36. The van der Waals surface area contributed by atoms with E-state index in [4.69, 9.17) is 4.52 Å². The van der Waals surface area contributed by atoms with Gasteiger partial charge in [-0.15, -0.1) is 0 Å². The van der Waals surface area contributed by atoms with Crippen molar-refractivity contribution in [3.8, 4) is 0 Å². The van der Waals surface area contributed by atoms with Gasteiger partial charge in [0.1, 0.15) is 10.6 Å². The van der Waals surface area contributed by atoms with Crippen LogP contribution in [0.3, 0.4) is 0 Å². The third-order valence-corrected chi connectivity index (χ3v) is 6.87. The summed E-state index contributed by atoms with van der Waals surface area (Å²) in [6, 6.07) is 8.65. The Morgan fingerprint density at radius 1 is 1.11 bits per heavy atom. The van der Waals surface area contributed by atoms with Crippen LogP contribution >= 0.6 is 0 Å². The molecular formula is C20H30N4O3S. The maximum absolute atomic E-state index is 12.4. The lowest BCUT2D eigenvalue weighted by atomic mass is 10.2. The van der Waals surface area contributed by atoms with Crippen LogP contribution in [-0.4, -0.2) is 57.7 Å². The fourth-order valence-electron chi connectivity index (χ4n) is 3.65. The number of anilines is 1. The van der Waals surface area contributed by atoms with Gasteiger partial charge in [-0.25, -0.2) is 13.1 Å². The third-order valence-electron chi connectivity index (χ3n) is 5.17. The van der Waals surface area contributed by atoms with Gasteiger partial charge in [0.25, 0.3) is 0 Å². The summed E-state index contributed by atoms with van der Waals surface area (Å²) in [6.07, 6.45) is 1.77. The van der Waals surface area contributed by atoms with Crippen LogP contribution in [0.5, 0.6) is 0 Å². The normalized spacial score (nSPS) is 15.9. The molecule has 0 radical (unpaired) electrons. The number of piperazine rings is 1. The van der Waals surface area contributed by atoms with Crippen molar-refractivity contribution in [3.05, 3.63) is 41.3 Å². The van der Waals surface area contributed by atoms with Gasteiger partial charge in [-0.05, 0) is 57.9 Å². The van der Waals surface area contributed by atoms with Gasteiger partial charge >= 0.3 is 0 Å². The molecule has 7 nitrogen and oxygen atoms in total. The molecule has 0 unspecified atom stereocenters. The largest absolute Gasteiger partial charge is 0.369 e. The number of hydrogen-bond acceptors (Lipinski definition) is 6. The number of nitrogens with one attached hydrogen (secondary N) is 1. The molecule has 0 atom stereocenters. The van der Waals surface area contributed by atoms with Crippen molar-refractivity contribution in [1.29, 1.82) is 0 Å². The van der Waals surface area contributed by atoms with Crippen molar-refractivity contribution < 1.29 is 12.9 Å². The Bertz CT molecular complexity index is 867. The smallest absolute Gasteiger partial charge is 0.245 e. The number of aryl methyl sites for hydroxylation is 3. The minimum absolute atomic E-state index is 0.166. The van der Waals surface area contributed by atoms with Crippen molar-refractivity contribution >= 4 is 15.7 Å². The summed E-state index contributed by atoms with van der Waals surface area (Å²) in [5.41, 5.74) is 2.99. The first kappa shape index (κ1) is 20.8. The molecule has 2 heterocycles. The van der Waals surface area contributed by atoms with Crippen LogP contribution in [-0.2, 0) is 10.0 Å². The van der Waals surface area contributed by atoms with E-state index in [0.29, 0.717) is 18.0 Å². The highest BCUT2D eigenvalue weighted by Crippen LogP contribution is 2.19. The molecule has 1 aliphatic heterocycles. The number of nitrogens with zero attached hydrogens (tertiary/aromatic N) is 3. The Balaban J connectivity index is 1.36. The topological polar surface area (TPSA) is 78.7 Å². The molecule has 154 valence electrons. The van der Waals surface area contributed by atoms with E-state index in [9.17, 15) is 8.42 Å². The van der Waals surface area contributed by atoms with Crippen LogP contribution in [0.4, 0.5) is 5.69 Å². The first-order valence-electron chi connectivity index (χ1n) is 9.83. The van der Waals surface area contributed by atoms with Gasteiger partial charge in [0.2, 0.25) is 10.0 Å². The van der Waals surface area contributed by atoms with Crippen LogP contribution in [0, 0.1) is 20.8 Å². The molecule has 0 spiro atoms. The van der Waals surface area contributed by atoms with E-state index < -0.39 is 10.0 Å². The number of benzene rings is 1. The minimum Gasteiger partial charge on any atom is -0.369 e. The lowest BCUT2D eigenvalue weighted by Crippen LogP contribution is -2.46. The second kappa shape index (κ2) is 9.07. The molecule has 1 aromatic carbocycles. The van der Waals surface area contributed by atoms with Crippen molar-refractivity contribution in [2.24, 2.45) is 0 Å². The molecule has 1 fully saturated rings. The molecule has 1 N–H and O–H groups in total. The maximum atomic E-state index is 12.4. The van der Waals surface area contributed by atoms with Gasteiger partial charge < -0.3 is 9.42 Å². The molecule has 0 amide bonds. The third kappa shape index (κ3) is 5.12. The Hall–Kier alpha value is -1.90. The van der Waals surface area contributed by atoms with Crippen LogP contribution in [0.25, 0.3) is 0 Å². The van der Waals surface area contributed by atoms with Crippen molar-refractivity contribution in [3.63, 3.8) is 0 Å². The van der Waals surface area contributed by atoms with Gasteiger partial charge in [-0.3, -0.25) is 4.90 Å². The standard InChI is InChI=1S/C20H30N4O3S/c1-16-7-6-8-19(15-16)24-13-11-23(12-14-24)10-5-4-9-21-28(25,26)20-17(2)22-27-18(20)3/h6-8,15,21H,4-5,9-14H2,1-3H3. The first-order valence-corrected chi connectivity index (χ1v) is 11.3. The molecule has 1 aromatic heterocycles. The van der Waals surface area contributed by atoms with E-state index in [0.717, 1.165) is 45.6 Å². The van der Waals surface area contributed by atoms with Crippen LogP contribution in [0.2, 0.25) is 0 Å². The average Bonchev–Trinajstić information content (AvgIpc) is 3.01. The predicted octanol–water partition coefficient (Wildman–Crippen LogP) is 2.48. The summed E-state index contributed by atoms with van der Waals surface area (Å²) in [6.45, 7) is 10.9. The first-order chi connectivity index (χ1) is 13.4. The molecular weight excluding hydrogens is 376 g/mol. The summed E-state index contributed by atoms with van der Waals surface area (Å²) in [7, 11) is -3.55. The zero-order valence-corrected chi connectivity index (χ0v) is 17.8. The summed E-state index contributed by atoms with van der Waals surface area (Å²) in [5, 5.41) is 3.72. The van der Waals surface area contributed by atoms with Gasteiger partial charge in [0.15, 0.2) is 5.76 Å². The van der Waals surface area contributed by atoms with Crippen molar-refractivity contribution in [1.82, 2.24) is 14.8 Å². The van der Waals surface area contributed by atoms with Gasteiger partial charge in [0, 0.05) is 38.4 Å². The Morgan fingerprint density at radius 2 is 1.86 bits per heavy atom. The second-order valence-electron chi connectivity index (χ2n) is 7.43. The minimum atomic E-state index is -3.55. The van der Waals surface area contributed by atoms with Gasteiger partial charge in [-0.1, -0.05) is 17.3 Å². The Kier molecular flexibility index (Phi) is 6.74. The summed E-state index contributed by atoms with van der Waals surface area (Å²) in [4.78, 5) is 5.05. The Labute approximate surface area is 167 Å². The number of unbranched alkanes of at least 4 members (excludes halogenated alkanes) is 1. The van der Waals surface area contributed by atoms with Crippen LogP contribution in [0.1, 0.15) is 29.9 Å². The van der Waals surface area contributed by atoms with E-state index in [1.165, 1.54) is 11.3 Å². The summed E-state index contributed by atoms with van der Waals surface area (Å²) < 4.78 is 32.4. The fraction of sp³-hybridized carbons (Fsp3) is 0.550. The molecule has 8 heteroatoms. The molecule has 3 rings (SSSR count). The molecule has 1 aliphatic rings. The molecule has 0 bridgehead atoms. The monoisotopic (exact) mass is 406 g/mol. The Morgan fingerprint density at radius 3 is 2.50 bits per heavy atom. The molecule has 0 saturated carbocycles. The van der Waals surface area contributed by atoms with E-state index >= 15 is 0 Å². The fourth-order valence-corrected chi connectivity index (χ4v) is 5.05. The highest BCUT2D eigenvalue weighted by atomic mass is 32.2. The number of sulfonamides is 1. The SMILES string of the molecule is Cc1cccc(N2CCN(CCCCNS(=O)(=O)c3c(C)noc3C)CC2)c1. The van der Waals surface area contributed by atoms with Crippen LogP contribution < -0.4 is 9.62 Å². The lowest BCUT2D eigenvalue weighted by molar-refractivity contribution is 0.253. The zero-order chi connectivity index (χ0) is 20.1. The number of aromatic nitrogens is 1. The van der Waals surface area contributed by atoms with Crippen LogP contribution in [0.15, 0.2) is 33.7 Å². The summed E-state index contributed by atoms with van der Waals surface area (Å²) in [5.74, 6) is 0.330. The van der Waals surface area contributed by atoms with Gasteiger partial charge in [0.05, 0.1) is 0 Å². The highest BCUT2D eigenvalue weighted by Gasteiger charge is 2.23. The second-order valence-corrected chi connectivity index (χ2v) is 9.13. The summed E-state index contributed by atoms with van der Waals surface area (Å²) >= 11 is 0. The van der Waals surface area contributed by atoms with Gasteiger partial charge in [-0.2, -0.15) is 0 Å². The van der Waals surface area contributed by atoms with Crippen molar-refractivity contribution in [2.75, 3.05) is 44.2 Å². The zero-order valence-electron chi connectivity index (χ0n) is 16.9. The number of rotatable bonds is 8. The van der Waals surface area contributed by atoms with E-state index in [-0.39, 0.29) is 4.90 Å². The maximum Gasteiger partial charge on any atom is 0.245 e. The molecule has 2 aromatic rings. The average molecular weight is 407 g/mol. The van der Waals surface area contributed by atoms with E-state index in [2.05, 4.69) is 50.9 Å². The predicted molar refractivity (Wildman–Crippen MR) is 110 cm³/mol. The highest BCUT2D eigenvalue weighted by molar-refractivity contribution is 7.89.